The molecule has 0 unspecified atom stereocenters. The topological polar surface area (TPSA) is 82.1 Å². The van der Waals surface area contributed by atoms with Crippen LogP contribution in [0, 0.1) is 0 Å². The van der Waals surface area contributed by atoms with E-state index < -0.39 is 11.8 Å². The van der Waals surface area contributed by atoms with Crippen molar-refractivity contribution in [2.75, 3.05) is 51.8 Å². The molecule has 1 aliphatic rings. The third kappa shape index (κ3) is 4.19. The molecule has 1 aliphatic heterocycles. The summed E-state index contributed by atoms with van der Waals surface area (Å²) in [5.41, 5.74) is 0.525. The molecule has 0 spiro atoms. The Balaban J connectivity index is 1.88. The summed E-state index contributed by atoms with van der Waals surface area (Å²) in [5, 5.41) is 11.5. The maximum absolute atomic E-state index is 12.1. The number of hydrogen-bond donors (Lipinski definition) is 2. The second-order valence-corrected chi connectivity index (χ2v) is 5.04. The number of aliphatic hydroxyl groups excluding tert-OH is 1. The Labute approximate surface area is 129 Å². The van der Waals surface area contributed by atoms with Gasteiger partial charge >= 0.3 is 11.8 Å². The summed E-state index contributed by atoms with van der Waals surface area (Å²) in [4.78, 5) is 27.7. The number of β-amino-alcohol motifs (C(OH)–C–C–N with tert-alkyl or cyclic N) is 1. The fraction of sp³-hybridized carbons (Fsp3) is 0.467. The standard InChI is InChI=1S/C15H21N3O4/c1-22-13-4-2-3-12(11-13)16-14(20)15(21)18-7-5-17(6-8-18)9-10-19/h2-4,11,19H,5-10H2,1H3,(H,16,20). The van der Waals surface area contributed by atoms with Crippen LogP contribution in [-0.4, -0.2) is 73.2 Å². The minimum absolute atomic E-state index is 0.101. The van der Waals surface area contributed by atoms with E-state index in [4.69, 9.17) is 9.84 Å². The highest BCUT2D eigenvalue weighted by Gasteiger charge is 2.25. The van der Waals surface area contributed by atoms with Gasteiger partial charge in [-0.2, -0.15) is 0 Å². The number of aliphatic hydroxyl groups is 1. The minimum Gasteiger partial charge on any atom is -0.497 e. The highest BCUT2D eigenvalue weighted by molar-refractivity contribution is 6.39. The summed E-state index contributed by atoms with van der Waals surface area (Å²) in [6.07, 6.45) is 0. The molecule has 0 radical (unpaired) electrons. The molecule has 0 atom stereocenters. The van der Waals surface area contributed by atoms with Gasteiger partial charge in [-0.25, -0.2) is 0 Å². The number of hydrogen-bond acceptors (Lipinski definition) is 5. The maximum atomic E-state index is 12.1. The van der Waals surface area contributed by atoms with E-state index in [9.17, 15) is 9.59 Å². The van der Waals surface area contributed by atoms with E-state index in [-0.39, 0.29) is 6.61 Å². The van der Waals surface area contributed by atoms with E-state index >= 15 is 0 Å². The fourth-order valence-electron chi connectivity index (χ4n) is 2.34. The molecule has 0 bridgehead atoms. The van der Waals surface area contributed by atoms with Crippen LogP contribution in [0.2, 0.25) is 0 Å². The molecule has 0 aromatic heterocycles. The van der Waals surface area contributed by atoms with Gasteiger partial charge in [0.1, 0.15) is 5.75 Å². The predicted octanol–water partition coefficient (Wildman–Crippen LogP) is -0.230. The van der Waals surface area contributed by atoms with Crippen molar-refractivity contribution in [2.24, 2.45) is 0 Å². The first kappa shape index (κ1) is 16.3. The molecule has 0 aliphatic carbocycles. The van der Waals surface area contributed by atoms with Crippen LogP contribution >= 0.6 is 0 Å². The molecule has 2 rings (SSSR count). The SMILES string of the molecule is COc1cccc(NC(=O)C(=O)N2CCN(CCO)CC2)c1. The van der Waals surface area contributed by atoms with Gasteiger partial charge in [-0.05, 0) is 12.1 Å². The van der Waals surface area contributed by atoms with E-state index in [1.807, 2.05) is 0 Å². The molecule has 7 heteroatoms. The van der Waals surface area contributed by atoms with Crippen molar-refractivity contribution in [3.8, 4) is 5.75 Å². The Morgan fingerprint density at radius 2 is 2.00 bits per heavy atom. The number of ether oxygens (including phenoxy) is 1. The summed E-state index contributed by atoms with van der Waals surface area (Å²) in [5.74, 6) is -0.571. The summed E-state index contributed by atoms with van der Waals surface area (Å²) < 4.78 is 5.08. The van der Waals surface area contributed by atoms with Crippen LogP contribution in [-0.2, 0) is 9.59 Å². The minimum atomic E-state index is -0.649. The maximum Gasteiger partial charge on any atom is 0.313 e. The Hall–Kier alpha value is -2.12. The van der Waals surface area contributed by atoms with Crippen molar-refractivity contribution >= 4 is 17.5 Å². The number of carbonyl (C=O) groups excluding carboxylic acids is 2. The van der Waals surface area contributed by atoms with Crippen molar-refractivity contribution in [1.82, 2.24) is 9.80 Å². The van der Waals surface area contributed by atoms with Gasteiger partial charge < -0.3 is 20.1 Å². The molecular formula is C15H21N3O4. The largest absolute Gasteiger partial charge is 0.497 e. The highest BCUT2D eigenvalue weighted by atomic mass is 16.5. The Morgan fingerprint density at radius 3 is 2.64 bits per heavy atom. The Bertz CT molecular complexity index is 527. The molecule has 1 aromatic carbocycles. The van der Waals surface area contributed by atoms with Crippen LogP contribution in [0.5, 0.6) is 5.75 Å². The molecular weight excluding hydrogens is 286 g/mol. The van der Waals surface area contributed by atoms with Crippen LogP contribution in [0.15, 0.2) is 24.3 Å². The lowest BCUT2D eigenvalue weighted by Gasteiger charge is -2.33. The molecule has 1 saturated heterocycles. The quantitative estimate of drug-likeness (QED) is 0.751. The summed E-state index contributed by atoms with van der Waals surface area (Å²) in [7, 11) is 1.54. The van der Waals surface area contributed by atoms with Gasteiger partial charge in [-0.1, -0.05) is 6.07 Å². The van der Waals surface area contributed by atoms with Crippen LogP contribution in [0.1, 0.15) is 0 Å². The molecule has 1 aromatic rings. The first-order valence-electron chi connectivity index (χ1n) is 7.21. The lowest BCUT2D eigenvalue weighted by Crippen LogP contribution is -2.52. The third-order valence-corrected chi connectivity index (χ3v) is 3.60. The van der Waals surface area contributed by atoms with Gasteiger partial charge in [-0.15, -0.1) is 0 Å². The third-order valence-electron chi connectivity index (χ3n) is 3.60. The lowest BCUT2D eigenvalue weighted by atomic mass is 10.2. The van der Waals surface area contributed by atoms with Gasteiger partial charge in [0.05, 0.1) is 13.7 Å². The average Bonchev–Trinajstić information content (AvgIpc) is 2.55. The first-order valence-corrected chi connectivity index (χ1v) is 7.21. The van der Waals surface area contributed by atoms with Crippen molar-refractivity contribution in [3.63, 3.8) is 0 Å². The number of methoxy groups -OCH3 is 1. The van der Waals surface area contributed by atoms with Gasteiger partial charge in [-0.3, -0.25) is 14.5 Å². The fourth-order valence-corrected chi connectivity index (χ4v) is 2.34. The lowest BCUT2D eigenvalue weighted by molar-refractivity contribution is -0.144. The van der Waals surface area contributed by atoms with Crippen LogP contribution in [0.4, 0.5) is 5.69 Å². The summed E-state index contributed by atoms with van der Waals surface area (Å²) >= 11 is 0. The second-order valence-electron chi connectivity index (χ2n) is 5.04. The van der Waals surface area contributed by atoms with Crippen molar-refractivity contribution in [3.05, 3.63) is 24.3 Å². The number of nitrogens with one attached hydrogen (secondary N) is 1. The van der Waals surface area contributed by atoms with Crippen LogP contribution in [0.3, 0.4) is 0 Å². The van der Waals surface area contributed by atoms with Crippen LogP contribution in [0.25, 0.3) is 0 Å². The monoisotopic (exact) mass is 307 g/mol. The second kappa shape index (κ2) is 7.77. The Morgan fingerprint density at radius 1 is 1.27 bits per heavy atom. The molecule has 120 valence electrons. The van der Waals surface area contributed by atoms with Gasteiger partial charge in [0, 0.05) is 44.5 Å². The van der Waals surface area contributed by atoms with E-state index in [1.165, 1.54) is 12.0 Å². The number of carbonyl (C=O) groups is 2. The average molecular weight is 307 g/mol. The highest BCUT2D eigenvalue weighted by Crippen LogP contribution is 2.16. The molecule has 1 fully saturated rings. The molecule has 0 saturated carbocycles. The van der Waals surface area contributed by atoms with E-state index in [0.29, 0.717) is 44.2 Å². The zero-order valence-corrected chi connectivity index (χ0v) is 12.6. The zero-order chi connectivity index (χ0) is 15.9. The first-order chi connectivity index (χ1) is 10.6. The molecule has 1 heterocycles. The smallest absolute Gasteiger partial charge is 0.313 e. The van der Waals surface area contributed by atoms with Crippen LogP contribution < -0.4 is 10.1 Å². The summed E-state index contributed by atoms with van der Waals surface area (Å²) in [6, 6.07) is 6.86. The number of nitrogens with zero attached hydrogens (tertiary/aromatic N) is 2. The predicted molar refractivity (Wildman–Crippen MR) is 81.7 cm³/mol. The van der Waals surface area contributed by atoms with Crippen molar-refractivity contribution in [2.45, 2.75) is 0 Å². The number of benzene rings is 1. The normalized spacial score (nSPS) is 15.5. The molecule has 2 amide bonds. The zero-order valence-electron chi connectivity index (χ0n) is 12.6. The molecule has 2 N–H and O–H groups in total. The molecule has 7 nitrogen and oxygen atoms in total. The Kier molecular flexibility index (Phi) is 5.74. The van der Waals surface area contributed by atoms with Gasteiger partial charge in [0.25, 0.3) is 0 Å². The number of amides is 2. The van der Waals surface area contributed by atoms with E-state index in [1.54, 1.807) is 24.3 Å². The van der Waals surface area contributed by atoms with Gasteiger partial charge in [0.15, 0.2) is 0 Å². The number of piperazine rings is 1. The van der Waals surface area contributed by atoms with Crippen molar-refractivity contribution in [1.29, 1.82) is 0 Å². The number of anilines is 1. The number of rotatable bonds is 4. The summed E-state index contributed by atoms with van der Waals surface area (Å²) in [6.45, 7) is 3.01. The molecule has 22 heavy (non-hydrogen) atoms. The van der Waals surface area contributed by atoms with E-state index in [2.05, 4.69) is 10.2 Å². The van der Waals surface area contributed by atoms with Gasteiger partial charge in [0.2, 0.25) is 0 Å². The van der Waals surface area contributed by atoms with E-state index in [0.717, 1.165) is 0 Å². The van der Waals surface area contributed by atoms with Crippen molar-refractivity contribution < 1.29 is 19.4 Å².